The average molecular weight is 370 g/mol. The molecule has 0 spiro atoms. The molecule has 0 saturated carbocycles. The molecule has 27 heavy (non-hydrogen) atoms. The molecule has 2 heterocycles. The lowest BCUT2D eigenvalue weighted by Gasteiger charge is -2.34. The zero-order chi connectivity index (χ0) is 19.3. The first-order valence-corrected chi connectivity index (χ1v) is 8.94. The lowest BCUT2D eigenvalue weighted by molar-refractivity contribution is -0.141. The zero-order valence-electron chi connectivity index (χ0n) is 15.6. The first kappa shape index (κ1) is 17.7. The Morgan fingerprint density at radius 1 is 1.44 bits per heavy atom. The van der Waals surface area contributed by atoms with E-state index in [0.717, 1.165) is 5.56 Å². The van der Waals surface area contributed by atoms with Crippen LogP contribution in [0.4, 0.5) is 0 Å². The molecule has 3 aliphatic rings. The monoisotopic (exact) mass is 370 g/mol. The van der Waals surface area contributed by atoms with Gasteiger partial charge >= 0.3 is 5.97 Å². The minimum atomic E-state index is -0.990. The maximum Gasteiger partial charge on any atom is 0.374 e. The summed E-state index contributed by atoms with van der Waals surface area (Å²) in [4.78, 5) is 12.1. The summed E-state index contributed by atoms with van der Waals surface area (Å²) in [5.41, 5.74) is 1.13. The fourth-order valence-corrected chi connectivity index (χ4v) is 3.96. The predicted molar refractivity (Wildman–Crippen MR) is 98.9 cm³/mol. The predicted octanol–water partition coefficient (Wildman–Crippen LogP) is 3.10. The molecular weight excluding hydrogens is 348 g/mol. The summed E-state index contributed by atoms with van der Waals surface area (Å²) in [6.45, 7) is 7.81. The number of hydrogen-bond donors (Lipinski definition) is 1. The van der Waals surface area contributed by atoms with Crippen molar-refractivity contribution in [3.63, 3.8) is 0 Å². The summed E-state index contributed by atoms with van der Waals surface area (Å²) >= 11 is 0. The van der Waals surface area contributed by atoms with Gasteiger partial charge in [-0.2, -0.15) is 0 Å². The molecule has 1 aliphatic carbocycles. The van der Waals surface area contributed by atoms with E-state index < -0.39 is 17.7 Å². The number of aliphatic hydroxyl groups is 1. The van der Waals surface area contributed by atoms with E-state index in [4.69, 9.17) is 18.9 Å². The molecule has 3 atom stereocenters. The summed E-state index contributed by atoms with van der Waals surface area (Å²) in [5.74, 6) is 0.963. The van der Waals surface area contributed by atoms with Crippen molar-refractivity contribution >= 4 is 11.5 Å². The molecule has 1 aromatic rings. The lowest BCUT2D eigenvalue weighted by atomic mass is 9.78. The van der Waals surface area contributed by atoms with E-state index in [0.29, 0.717) is 34.8 Å². The average Bonchev–Trinajstić information content (AvgIpc) is 2.99. The number of carbonyl (C=O) groups is 1. The van der Waals surface area contributed by atoms with Gasteiger partial charge in [-0.3, -0.25) is 0 Å². The lowest BCUT2D eigenvalue weighted by Crippen LogP contribution is -2.45. The van der Waals surface area contributed by atoms with Crippen LogP contribution in [-0.4, -0.2) is 36.5 Å². The molecule has 0 fully saturated rings. The van der Waals surface area contributed by atoms with Gasteiger partial charge in [-0.15, -0.1) is 0 Å². The van der Waals surface area contributed by atoms with Crippen molar-refractivity contribution in [2.45, 2.75) is 37.9 Å². The Morgan fingerprint density at radius 2 is 2.22 bits per heavy atom. The Hall–Kier alpha value is -2.73. The Morgan fingerprint density at radius 3 is 2.93 bits per heavy atom. The highest BCUT2D eigenvalue weighted by atomic mass is 16.6. The summed E-state index contributed by atoms with van der Waals surface area (Å²) in [6, 6.07) is 1.73. The Bertz CT molecular complexity index is 892. The van der Waals surface area contributed by atoms with Crippen molar-refractivity contribution in [1.82, 2.24) is 0 Å². The van der Waals surface area contributed by atoms with Gasteiger partial charge in [-0.05, 0) is 31.9 Å². The van der Waals surface area contributed by atoms with Gasteiger partial charge in [-0.1, -0.05) is 18.7 Å². The molecule has 0 saturated heterocycles. The number of esters is 1. The third-order valence-corrected chi connectivity index (χ3v) is 5.17. The van der Waals surface area contributed by atoms with Gasteiger partial charge in [0.05, 0.1) is 19.3 Å². The molecular formula is C21H22O6. The highest BCUT2D eigenvalue weighted by Crippen LogP contribution is 2.55. The fraction of sp³-hybridized carbons (Fsp3) is 0.381. The van der Waals surface area contributed by atoms with E-state index >= 15 is 0 Å². The standard InChI is InChI=1S/C21H22O6/c1-5-25-20(22)15-9-11(2)16-13(26-15)10-14-17(18(16)24-4)12-7-6-8-21(3,23)19(12)27-14/h6-7,9-10,12,19,23H,2,5,8H2,1,3-4H3/t12-,19+,21-/m1/s1. The number of fused-ring (bicyclic) bond motifs is 4. The maximum absolute atomic E-state index is 12.1. The van der Waals surface area contributed by atoms with E-state index in [1.165, 1.54) is 0 Å². The first-order valence-electron chi connectivity index (χ1n) is 8.94. The van der Waals surface area contributed by atoms with E-state index in [2.05, 4.69) is 6.58 Å². The van der Waals surface area contributed by atoms with Crippen molar-refractivity contribution in [2.75, 3.05) is 13.7 Å². The third kappa shape index (κ3) is 2.63. The van der Waals surface area contributed by atoms with Crippen LogP contribution in [0.5, 0.6) is 17.2 Å². The molecule has 1 N–H and O–H groups in total. The minimum absolute atomic E-state index is 0.0682. The second-order valence-corrected chi connectivity index (χ2v) is 7.10. The molecule has 6 nitrogen and oxygen atoms in total. The van der Waals surface area contributed by atoms with Gasteiger partial charge in [0.1, 0.15) is 29.0 Å². The molecule has 0 aromatic heterocycles. The molecule has 0 radical (unpaired) electrons. The zero-order valence-corrected chi connectivity index (χ0v) is 15.6. The molecule has 0 unspecified atom stereocenters. The summed E-state index contributed by atoms with van der Waals surface area (Å²) < 4.78 is 22.6. The SMILES string of the molecule is C=C1C=C(C(=O)OCC)Oc2cc3c(c(OC)c21)[C@H]1C=CC[C@@](C)(O)[C@H]1O3. The van der Waals surface area contributed by atoms with Crippen LogP contribution in [0.15, 0.2) is 36.6 Å². The minimum Gasteiger partial charge on any atom is -0.496 e. The van der Waals surface area contributed by atoms with Crippen molar-refractivity contribution in [3.05, 3.63) is 47.8 Å². The van der Waals surface area contributed by atoms with Gasteiger partial charge in [0.15, 0.2) is 0 Å². The number of allylic oxidation sites excluding steroid dienone is 2. The van der Waals surface area contributed by atoms with Crippen LogP contribution in [0.3, 0.4) is 0 Å². The molecule has 4 rings (SSSR count). The highest BCUT2D eigenvalue weighted by Gasteiger charge is 2.48. The van der Waals surface area contributed by atoms with E-state index in [-0.39, 0.29) is 18.3 Å². The van der Waals surface area contributed by atoms with Crippen molar-refractivity contribution < 1.29 is 28.8 Å². The molecule has 6 heteroatoms. The Balaban J connectivity index is 1.82. The second-order valence-electron chi connectivity index (χ2n) is 7.10. The largest absolute Gasteiger partial charge is 0.496 e. The third-order valence-electron chi connectivity index (χ3n) is 5.17. The van der Waals surface area contributed by atoms with Crippen LogP contribution >= 0.6 is 0 Å². The van der Waals surface area contributed by atoms with Crippen molar-refractivity contribution in [2.24, 2.45) is 0 Å². The summed E-state index contributed by atoms with van der Waals surface area (Å²) in [6.07, 6.45) is 5.65. The van der Waals surface area contributed by atoms with E-state index in [1.807, 2.05) is 12.2 Å². The van der Waals surface area contributed by atoms with Crippen LogP contribution in [0.1, 0.15) is 37.3 Å². The van der Waals surface area contributed by atoms with Crippen LogP contribution in [0.25, 0.3) is 5.57 Å². The highest BCUT2D eigenvalue weighted by molar-refractivity contribution is 5.95. The molecule has 0 amide bonds. The van der Waals surface area contributed by atoms with E-state index in [9.17, 15) is 9.90 Å². The number of ether oxygens (including phenoxy) is 4. The number of methoxy groups -OCH3 is 1. The van der Waals surface area contributed by atoms with Gasteiger partial charge < -0.3 is 24.1 Å². The number of hydrogen-bond acceptors (Lipinski definition) is 6. The quantitative estimate of drug-likeness (QED) is 0.651. The van der Waals surface area contributed by atoms with Crippen molar-refractivity contribution in [1.29, 1.82) is 0 Å². The van der Waals surface area contributed by atoms with E-state index in [1.54, 1.807) is 33.1 Å². The van der Waals surface area contributed by atoms with Crippen LogP contribution < -0.4 is 14.2 Å². The van der Waals surface area contributed by atoms with Crippen LogP contribution in [0.2, 0.25) is 0 Å². The van der Waals surface area contributed by atoms with Crippen LogP contribution in [0, 0.1) is 0 Å². The molecule has 0 bridgehead atoms. The Labute approximate surface area is 157 Å². The fourth-order valence-electron chi connectivity index (χ4n) is 3.96. The smallest absolute Gasteiger partial charge is 0.374 e. The van der Waals surface area contributed by atoms with Gasteiger partial charge in [0.2, 0.25) is 5.76 Å². The summed E-state index contributed by atoms with van der Waals surface area (Å²) in [7, 11) is 1.58. The van der Waals surface area contributed by atoms with Gasteiger partial charge in [-0.25, -0.2) is 4.79 Å². The van der Waals surface area contributed by atoms with Gasteiger partial charge in [0, 0.05) is 17.5 Å². The topological polar surface area (TPSA) is 74.2 Å². The van der Waals surface area contributed by atoms with Crippen molar-refractivity contribution in [3.8, 4) is 17.2 Å². The Kier molecular flexibility index (Phi) is 4.03. The second kappa shape index (κ2) is 6.16. The first-order chi connectivity index (χ1) is 12.9. The summed E-state index contributed by atoms with van der Waals surface area (Å²) in [5, 5.41) is 10.7. The number of carbonyl (C=O) groups excluding carboxylic acids is 1. The molecule has 2 aliphatic heterocycles. The number of rotatable bonds is 3. The number of benzene rings is 1. The maximum atomic E-state index is 12.1. The van der Waals surface area contributed by atoms with Crippen LogP contribution in [-0.2, 0) is 9.53 Å². The molecule has 142 valence electrons. The normalized spacial score (nSPS) is 27.6. The van der Waals surface area contributed by atoms with Gasteiger partial charge in [0.25, 0.3) is 0 Å². The molecule has 1 aromatic carbocycles.